The summed E-state index contributed by atoms with van der Waals surface area (Å²) in [5.74, 6) is 0.312. The van der Waals surface area contributed by atoms with Crippen molar-refractivity contribution >= 4 is 5.91 Å². The predicted molar refractivity (Wildman–Crippen MR) is 120 cm³/mol. The molecule has 1 amide bonds. The van der Waals surface area contributed by atoms with E-state index in [4.69, 9.17) is 4.42 Å². The lowest BCUT2D eigenvalue weighted by Crippen LogP contribution is -2.34. The second-order valence-corrected chi connectivity index (χ2v) is 7.60. The number of aromatic nitrogens is 2. The van der Waals surface area contributed by atoms with Gasteiger partial charge in [0.15, 0.2) is 0 Å². The fourth-order valence-corrected chi connectivity index (χ4v) is 3.41. The highest BCUT2D eigenvalue weighted by atomic mass is 19.1. The zero-order valence-electron chi connectivity index (χ0n) is 17.8. The van der Waals surface area contributed by atoms with Crippen LogP contribution in [0.15, 0.2) is 83.3 Å². The zero-order chi connectivity index (χ0) is 22.5. The summed E-state index contributed by atoms with van der Waals surface area (Å²) in [5, 5.41) is 11.1. The van der Waals surface area contributed by atoms with E-state index in [2.05, 4.69) is 15.5 Å². The number of likely N-dealkylation sites (N-methyl/N-ethyl adjacent to an activating group) is 1. The molecule has 3 aromatic carbocycles. The van der Waals surface area contributed by atoms with Gasteiger partial charge in [0.25, 0.3) is 5.91 Å². The molecule has 0 fully saturated rings. The van der Waals surface area contributed by atoms with Crippen molar-refractivity contribution in [3.8, 4) is 22.9 Å². The number of hydrogen-bond donors (Lipinski definition) is 1. The summed E-state index contributed by atoms with van der Waals surface area (Å²) in [5.41, 5.74) is 2.88. The van der Waals surface area contributed by atoms with Crippen LogP contribution in [0.3, 0.4) is 0 Å². The Bertz CT molecular complexity index is 1190. The van der Waals surface area contributed by atoms with E-state index in [9.17, 15) is 9.18 Å². The van der Waals surface area contributed by atoms with Crippen LogP contribution < -0.4 is 5.32 Å². The molecule has 6 nitrogen and oxygen atoms in total. The average molecular weight is 430 g/mol. The van der Waals surface area contributed by atoms with Crippen LogP contribution in [-0.2, 0) is 0 Å². The first-order valence-electron chi connectivity index (χ1n) is 10.2. The Kier molecular flexibility index (Phi) is 6.37. The van der Waals surface area contributed by atoms with Gasteiger partial charge in [0.05, 0.1) is 6.04 Å². The van der Waals surface area contributed by atoms with Gasteiger partial charge in [-0.1, -0.05) is 30.3 Å². The molecule has 0 bridgehead atoms. The molecule has 0 saturated heterocycles. The first-order chi connectivity index (χ1) is 15.5. The Balaban J connectivity index is 1.42. The summed E-state index contributed by atoms with van der Waals surface area (Å²) >= 11 is 0. The lowest BCUT2D eigenvalue weighted by atomic mass is 10.1. The summed E-state index contributed by atoms with van der Waals surface area (Å²) in [4.78, 5) is 14.6. The van der Waals surface area contributed by atoms with Crippen LogP contribution in [0, 0.1) is 5.82 Å². The van der Waals surface area contributed by atoms with Crippen molar-refractivity contribution in [1.29, 1.82) is 0 Å². The molecular weight excluding hydrogens is 407 g/mol. The summed E-state index contributed by atoms with van der Waals surface area (Å²) in [7, 11) is 3.79. The van der Waals surface area contributed by atoms with E-state index < -0.39 is 0 Å². The minimum absolute atomic E-state index is 0.149. The first kappa shape index (κ1) is 21.4. The van der Waals surface area contributed by atoms with Crippen LogP contribution in [0.5, 0.6) is 0 Å². The smallest absolute Gasteiger partial charge is 0.251 e. The third kappa shape index (κ3) is 4.90. The molecule has 1 heterocycles. The largest absolute Gasteiger partial charge is 0.416 e. The SMILES string of the molecule is CN(C)[C@@H](CNC(=O)c1ccc(-c2nnc(-c3ccccc3)o2)cc1)c1cccc(F)c1. The van der Waals surface area contributed by atoms with Gasteiger partial charge < -0.3 is 14.6 Å². The van der Waals surface area contributed by atoms with Gasteiger partial charge in [-0.3, -0.25) is 4.79 Å². The van der Waals surface area contributed by atoms with E-state index in [1.165, 1.54) is 12.1 Å². The molecule has 0 aliphatic rings. The zero-order valence-corrected chi connectivity index (χ0v) is 17.8. The average Bonchev–Trinajstić information content (AvgIpc) is 3.30. The first-order valence-corrected chi connectivity index (χ1v) is 10.2. The van der Waals surface area contributed by atoms with Crippen LogP contribution in [0.1, 0.15) is 22.0 Å². The van der Waals surface area contributed by atoms with Crippen molar-refractivity contribution in [3.63, 3.8) is 0 Å². The highest BCUT2D eigenvalue weighted by molar-refractivity contribution is 5.94. The molecule has 0 spiro atoms. The second-order valence-electron chi connectivity index (χ2n) is 7.60. The number of carbonyl (C=O) groups excluding carboxylic acids is 1. The Hall–Kier alpha value is -3.84. The van der Waals surface area contributed by atoms with Crippen LogP contribution in [0.25, 0.3) is 22.9 Å². The quantitative estimate of drug-likeness (QED) is 0.465. The van der Waals surface area contributed by atoms with Gasteiger partial charge in [0.2, 0.25) is 11.8 Å². The normalized spacial score (nSPS) is 12.0. The third-order valence-electron chi connectivity index (χ3n) is 5.15. The number of amides is 1. The maximum atomic E-state index is 13.6. The fraction of sp³-hybridized carbons (Fsp3) is 0.160. The van der Waals surface area contributed by atoms with Gasteiger partial charge in [-0.2, -0.15) is 0 Å². The van der Waals surface area contributed by atoms with E-state index in [0.717, 1.165) is 16.7 Å². The van der Waals surface area contributed by atoms with E-state index in [1.807, 2.05) is 55.4 Å². The Morgan fingerprint density at radius 2 is 1.59 bits per heavy atom. The van der Waals surface area contributed by atoms with Crippen molar-refractivity contribution in [3.05, 3.63) is 95.8 Å². The second kappa shape index (κ2) is 9.53. The van der Waals surface area contributed by atoms with E-state index >= 15 is 0 Å². The molecule has 1 N–H and O–H groups in total. The number of halogens is 1. The van der Waals surface area contributed by atoms with Crippen LogP contribution in [-0.4, -0.2) is 41.6 Å². The molecule has 0 unspecified atom stereocenters. The number of nitrogens with one attached hydrogen (secondary N) is 1. The molecule has 1 aromatic heterocycles. The van der Waals surface area contributed by atoms with Crippen LogP contribution in [0.2, 0.25) is 0 Å². The lowest BCUT2D eigenvalue weighted by molar-refractivity contribution is 0.0942. The van der Waals surface area contributed by atoms with Crippen molar-refractivity contribution in [2.75, 3.05) is 20.6 Å². The topological polar surface area (TPSA) is 71.3 Å². The number of nitrogens with zero attached hydrogens (tertiary/aromatic N) is 3. The van der Waals surface area contributed by atoms with Crippen molar-refractivity contribution in [2.24, 2.45) is 0 Å². The summed E-state index contributed by atoms with van der Waals surface area (Å²) in [6.45, 7) is 0.348. The van der Waals surface area contributed by atoms with Crippen LogP contribution >= 0.6 is 0 Å². The minimum Gasteiger partial charge on any atom is -0.416 e. The fourth-order valence-electron chi connectivity index (χ4n) is 3.41. The predicted octanol–water partition coefficient (Wildman–Crippen LogP) is 4.58. The maximum absolute atomic E-state index is 13.6. The molecule has 0 saturated carbocycles. The molecule has 0 aliphatic heterocycles. The summed E-state index contributed by atoms with van der Waals surface area (Å²) in [6.07, 6.45) is 0. The molecule has 7 heteroatoms. The maximum Gasteiger partial charge on any atom is 0.251 e. The Morgan fingerprint density at radius 1 is 0.938 bits per heavy atom. The van der Waals surface area contributed by atoms with Crippen molar-refractivity contribution in [2.45, 2.75) is 6.04 Å². The standard InChI is InChI=1S/C25H23FN4O2/c1-30(2)22(20-9-6-10-21(26)15-20)16-27-23(31)17-11-13-19(14-12-17)25-29-28-24(32-25)18-7-4-3-5-8-18/h3-15,22H,16H2,1-2H3,(H,27,31)/t22-/m0/s1. The number of rotatable bonds is 7. The highest BCUT2D eigenvalue weighted by Crippen LogP contribution is 2.24. The van der Waals surface area contributed by atoms with E-state index in [-0.39, 0.29) is 17.8 Å². The minimum atomic E-state index is -0.298. The van der Waals surface area contributed by atoms with Gasteiger partial charge in [-0.15, -0.1) is 10.2 Å². The summed E-state index contributed by atoms with van der Waals surface area (Å²) < 4.78 is 19.4. The molecular formula is C25H23FN4O2. The van der Waals surface area contributed by atoms with E-state index in [1.54, 1.807) is 30.3 Å². The third-order valence-corrected chi connectivity index (χ3v) is 5.15. The number of benzene rings is 3. The Morgan fingerprint density at radius 3 is 2.22 bits per heavy atom. The monoisotopic (exact) mass is 430 g/mol. The molecule has 32 heavy (non-hydrogen) atoms. The molecule has 162 valence electrons. The van der Waals surface area contributed by atoms with Crippen molar-refractivity contribution in [1.82, 2.24) is 20.4 Å². The van der Waals surface area contributed by atoms with Crippen molar-refractivity contribution < 1.29 is 13.6 Å². The van der Waals surface area contributed by atoms with Gasteiger partial charge in [0, 0.05) is 23.2 Å². The lowest BCUT2D eigenvalue weighted by Gasteiger charge is -2.25. The van der Waals surface area contributed by atoms with E-state index in [0.29, 0.717) is 23.9 Å². The van der Waals surface area contributed by atoms with Gasteiger partial charge in [-0.25, -0.2) is 4.39 Å². The summed E-state index contributed by atoms with van der Waals surface area (Å²) in [6, 6.07) is 22.8. The van der Waals surface area contributed by atoms with Crippen LogP contribution in [0.4, 0.5) is 4.39 Å². The van der Waals surface area contributed by atoms with Gasteiger partial charge in [-0.05, 0) is 68.2 Å². The number of carbonyl (C=O) groups is 1. The highest BCUT2D eigenvalue weighted by Gasteiger charge is 2.17. The molecule has 0 radical (unpaired) electrons. The molecule has 4 aromatic rings. The molecule has 4 rings (SSSR count). The molecule has 0 aliphatic carbocycles. The number of hydrogen-bond acceptors (Lipinski definition) is 5. The Labute approximate surface area is 185 Å². The van der Waals surface area contributed by atoms with Gasteiger partial charge >= 0.3 is 0 Å². The molecule has 1 atom stereocenters. The van der Waals surface area contributed by atoms with Gasteiger partial charge in [0.1, 0.15) is 5.82 Å².